The molecule has 2 rings (SSSR count). The zero-order valence-corrected chi connectivity index (χ0v) is 15.4. The molecule has 7 heteroatoms. The average molecular weight is 353 g/mol. The molecule has 1 atom stereocenters. The average Bonchev–Trinajstić information content (AvgIpc) is 2.59. The number of nitrogens with one attached hydrogen (secondary N) is 1. The number of rotatable bonds is 6. The number of nitrogens with zero attached hydrogens (tertiary/aromatic N) is 2. The van der Waals surface area contributed by atoms with Gasteiger partial charge in [-0.2, -0.15) is 4.31 Å². The second kappa shape index (κ2) is 8.09. The van der Waals surface area contributed by atoms with Gasteiger partial charge in [0.2, 0.25) is 15.9 Å². The van der Waals surface area contributed by atoms with Crippen molar-refractivity contribution in [3.8, 4) is 0 Å². The van der Waals surface area contributed by atoms with Crippen LogP contribution in [0.1, 0.15) is 20.8 Å². The third-order valence-electron chi connectivity index (χ3n) is 4.27. The fourth-order valence-electron chi connectivity index (χ4n) is 2.69. The first-order chi connectivity index (χ1) is 11.3. The summed E-state index contributed by atoms with van der Waals surface area (Å²) in [4.78, 5) is 14.5. The van der Waals surface area contributed by atoms with E-state index in [1.807, 2.05) is 11.8 Å². The molecule has 1 aromatic rings. The Bertz CT molecular complexity index is 638. The van der Waals surface area contributed by atoms with E-state index in [9.17, 15) is 13.2 Å². The maximum atomic E-state index is 12.6. The maximum absolute atomic E-state index is 12.6. The van der Waals surface area contributed by atoms with Gasteiger partial charge in [0.05, 0.1) is 10.9 Å². The summed E-state index contributed by atoms with van der Waals surface area (Å²) in [6.45, 7) is 8.56. The first-order valence-corrected chi connectivity index (χ1v) is 9.83. The Morgan fingerprint density at radius 2 is 1.67 bits per heavy atom. The Morgan fingerprint density at radius 3 is 2.21 bits per heavy atom. The molecule has 134 valence electrons. The highest BCUT2D eigenvalue weighted by molar-refractivity contribution is 7.89. The SMILES string of the molecule is CC(C)CNC(=O)[C@H](C)N1CCN(S(=O)(=O)c2ccccc2)CC1. The van der Waals surface area contributed by atoms with E-state index in [-0.39, 0.29) is 11.9 Å². The maximum Gasteiger partial charge on any atom is 0.243 e. The van der Waals surface area contributed by atoms with Crippen molar-refractivity contribution in [2.45, 2.75) is 31.7 Å². The monoisotopic (exact) mass is 353 g/mol. The van der Waals surface area contributed by atoms with Crippen molar-refractivity contribution >= 4 is 15.9 Å². The normalized spacial score (nSPS) is 18.5. The van der Waals surface area contributed by atoms with Gasteiger partial charge in [-0.1, -0.05) is 32.0 Å². The number of carbonyl (C=O) groups excluding carboxylic acids is 1. The first-order valence-electron chi connectivity index (χ1n) is 8.39. The van der Waals surface area contributed by atoms with E-state index in [0.29, 0.717) is 43.5 Å². The van der Waals surface area contributed by atoms with E-state index in [1.54, 1.807) is 30.3 Å². The molecule has 0 unspecified atom stereocenters. The Labute approximate surface area is 144 Å². The lowest BCUT2D eigenvalue weighted by atomic mass is 10.2. The zero-order chi connectivity index (χ0) is 17.7. The molecule has 0 spiro atoms. The van der Waals surface area contributed by atoms with Crippen LogP contribution in [0.2, 0.25) is 0 Å². The highest BCUT2D eigenvalue weighted by atomic mass is 32.2. The predicted octanol–water partition coefficient (Wildman–Crippen LogP) is 1.15. The van der Waals surface area contributed by atoms with Crippen LogP contribution in [0, 0.1) is 5.92 Å². The molecule has 1 saturated heterocycles. The number of hydrogen-bond acceptors (Lipinski definition) is 4. The van der Waals surface area contributed by atoms with E-state index in [2.05, 4.69) is 19.2 Å². The van der Waals surface area contributed by atoms with Gasteiger partial charge < -0.3 is 5.32 Å². The summed E-state index contributed by atoms with van der Waals surface area (Å²) in [7, 11) is -3.45. The molecule has 0 radical (unpaired) electrons. The van der Waals surface area contributed by atoms with Crippen LogP contribution in [-0.4, -0.2) is 62.3 Å². The van der Waals surface area contributed by atoms with E-state index >= 15 is 0 Å². The molecular formula is C17H27N3O3S. The molecule has 1 aromatic carbocycles. The third kappa shape index (κ3) is 4.55. The van der Waals surface area contributed by atoms with Crippen LogP contribution in [0.5, 0.6) is 0 Å². The molecule has 1 N–H and O–H groups in total. The summed E-state index contributed by atoms with van der Waals surface area (Å²) in [5.74, 6) is 0.414. The number of benzene rings is 1. The third-order valence-corrected chi connectivity index (χ3v) is 6.18. The molecule has 0 aliphatic carbocycles. The second-order valence-corrected chi connectivity index (χ2v) is 8.51. The van der Waals surface area contributed by atoms with E-state index in [0.717, 1.165) is 0 Å². The largest absolute Gasteiger partial charge is 0.354 e. The lowest BCUT2D eigenvalue weighted by Crippen LogP contribution is -2.55. The van der Waals surface area contributed by atoms with E-state index in [4.69, 9.17) is 0 Å². The van der Waals surface area contributed by atoms with Gasteiger partial charge in [-0.15, -0.1) is 0 Å². The zero-order valence-electron chi connectivity index (χ0n) is 14.6. The van der Waals surface area contributed by atoms with Gasteiger partial charge in [0.25, 0.3) is 0 Å². The summed E-state index contributed by atoms with van der Waals surface area (Å²) in [6.07, 6.45) is 0. The van der Waals surface area contributed by atoms with Crippen molar-refractivity contribution in [2.75, 3.05) is 32.7 Å². The summed E-state index contributed by atoms with van der Waals surface area (Å²) >= 11 is 0. The van der Waals surface area contributed by atoms with Crippen molar-refractivity contribution in [2.24, 2.45) is 5.92 Å². The number of hydrogen-bond donors (Lipinski definition) is 1. The Kier molecular flexibility index (Phi) is 6.37. The Hall–Kier alpha value is -1.44. The second-order valence-electron chi connectivity index (χ2n) is 6.57. The minimum absolute atomic E-state index is 0.00284. The van der Waals surface area contributed by atoms with Crippen LogP contribution in [0.15, 0.2) is 35.2 Å². The minimum Gasteiger partial charge on any atom is -0.354 e. The fourth-order valence-corrected chi connectivity index (χ4v) is 4.13. The molecule has 0 saturated carbocycles. The van der Waals surface area contributed by atoms with Crippen LogP contribution in [0.3, 0.4) is 0 Å². The van der Waals surface area contributed by atoms with Crippen LogP contribution in [0.25, 0.3) is 0 Å². The van der Waals surface area contributed by atoms with Crippen molar-refractivity contribution in [3.63, 3.8) is 0 Å². The number of amides is 1. The molecule has 1 aliphatic rings. The van der Waals surface area contributed by atoms with Crippen molar-refractivity contribution in [3.05, 3.63) is 30.3 Å². The molecule has 0 bridgehead atoms. The highest BCUT2D eigenvalue weighted by Gasteiger charge is 2.31. The molecular weight excluding hydrogens is 326 g/mol. The van der Waals surface area contributed by atoms with Gasteiger partial charge >= 0.3 is 0 Å². The molecule has 1 aliphatic heterocycles. The predicted molar refractivity (Wildman–Crippen MR) is 94.1 cm³/mol. The number of piperazine rings is 1. The van der Waals surface area contributed by atoms with Crippen LogP contribution in [0.4, 0.5) is 0 Å². The minimum atomic E-state index is -3.45. The summed E-state index contributed by atoms with van der Waals surface area (Å²) in [5, 5.41) is 2.93. The quantitative estimate of drug-likeness (QED) is 0.833. The van der Waals surface area contributed by atoms with E-state index < -0.39 is 10.0 Å². The molecule has 1 heterocycles. The summed E-state index contributed by atoms with van der Waals surface area (Å²) in [5.41, 5.74) is 0. The number of carbonyl (C=O) groups is 1. The molecule has 1 amide bonds. The van der Waals surface area contributed by atoms with Gasteiger partial charge in [-0.3, -0.25) is 9.69 Å². The fraction of sp³-hybridized carbons (Fsp3) is 0.588. The van der Waals surface area contributed by atoms with E-state index in [1.165, 1.54) is 4.31 Å². The Balaban J connectivity index is 1.92. The first kappa shape index (κ1) is 18.9. The van der Waals surface area contributed by atoms with Crippen molar-refractivity contribution < 1.29 is 13.2 Å². The van der Waals surface area contributed by atoms with Crippen LogP contribution < -0.4 is 5.32 Å². The summed E-state index contributed by atoms with van der Waals surface area (Å²) in [6, 6.07) is 8.24. The number of sulfonamides is 1. The van der Waals surface area contributed by atoms with Gasteiger partial charge in [0.1, 0.15) is 0 Å². The van der Waals surface area contributed by atoms with Crippen LogP contribution in [-0.2, 0) is 14.8 Å². The molecule has 24 heavy (non-hydrogen) atoms. The van der Waals surface area contributed by atoms with Gasteiger partial charge in [-0.05, 0) is 25.0 Å². The van der Waals surface area contributed by atoms with Crippen molar-refractivity contribution in [1.82, 2.24) is 14.5 Å². The summed E-state index contributed by atoms with van der Waals surface area (Å²) < 4.78 is 26.7. The lowest BCUT2D eigenvalue weighted by molar-refractivity contribution is -0.126. The van der Waals surface area contributed by atoms with Crippen LogP contribution >= 0.6 is 0 Å². The molecule has 1 fully saturated rings. The lowest BCUT2D eigenvalue weighted by Gasteiger charge is -2.36. The van der Waals surface area contributed by atoms with Crippen molar-refractivity contribution in [1.29, 1.82) is 0 Å². The standard InChI is InChI=1S/C17H27N3O3S/c1-14(2)13-18-17(21)15(3)19-9-11-20(12-10-19)24(22,23)16-7-5-4-6-8-16/h4-8,14-15H,9-13H2,1-3H3,(H,18,21)/t15-/m0/s1. The van der Waals surface area contributed by atoms with Gasteiger partial charge in [-0.25, -0.2) is 8.42 Å². The smallest absolute Gasteiger partial charge is 0.243 e. The molecule has 6 nitrogen and oxygen atoms in total. The topological polar surface area (TPSA) is 69.7 Å². The van der Waals surface area contributed by atoms with Gasteiger partial charge in [0.15, 0.2) is 0 Å². The Morgan fingerprint density at radius 1 is 1.08 bits per heavy atom. The van der Waals surface area contributed by atoms with Gasteiger partial charge in [0, 0.05) is 32.7 Å². The molecule has 0 aromatic heterocycles. The highest BCUT2D eigenvalue weighted by Crippen LogP contribution is 2.18.